The second kappa shape index (κ2) is 6.33. The zero-order valence-corrected chi connectivity index (χ0v) is 11.4. The Balaban J connectivity index is 2.77. The van der Waals surface area contributed by atoms with E-state index in [0.717, 1.165) is 0 Å². The molecule has 1 aromatic carbocycles. The zero-order valence-electron chi connectivity index (χ0n) is 11.4. The van der Waals surface area contributed by atoms with E-state index >= 15 is 0 Å². The largest absolute Gasteiger partial charge is 0.478 e. The van der Waals surface area contributed by atoms with Crippen molar-refractivity contribution in [1.82, 2.24) is 0 Å². The van der Waals surface area contributed by atoms with Crippen molar-refractivity contribution in [3.8, 4) is 0 Å². The van der Waals surface area contributed by atoms with Gasteiger partial charge >= 0.3 is 5.97 Å². The van der Waals surface area contributed by atoms with Gasteiger partial charge in [0.1, 0.15) is 0 Å². The summed E-state index contributed by atoms with van der Waals surface area (Å²) in [6.07, 6.45) is 0.609. The molecule has 0 aliphatic carbocycles. The predicted octanol–water partition coefficient (Wildman–Crippen LogP) is 2.01. The average Bonchev–Trinajstić information content (AvgIpc) is 2.30. The Hall–Kier alpha value is -1.88. The van der Waals surface area contributed by atoms with Crippen molar-refractivity contribution in [3.05, 3.63) is 29.3 Å². The van der Waals surface area contributed by atoms with Crippen molar-refractivity contribution in [3.63, 3.8) is 0 Å². The molecule has 1 rings (SSSR count). The summed E-state index contributed by atoms with van der Waals surface area (Å²) in [6.45, 7) is 5.75. The second-order valence-electron chi connectivity index (χ2n) is 5.06. The lowest BCUT2D eigenvalue weighted by atomic mass is 10.0. The molecular weight excluding hydrogens is 244 g/mol. The lowest BCUT2D eigenvalue weighted by Gasteiger charge is -2.15. The molecule has 5 heteroatoms. The number of benzene rings is 1. The highest BCUT2D eigenvalue weighted by Crippen LogP contribution is 2.17. The van der Waals surface area contributed by atoms with E-state index in [1.165, 1.54) is 12.1 Å². The molecule has 0 aliphatic heterocycles. The van der Waals surface area contributed by atoms with Crippen molar-refractivity contribution >= 4 is 17.6 Å². The molecule has 19 heavy (non-hydrogen) atoms. The van der Waals surface area contributed by atoms with Crippen LogP contribution in [0, 0.1) is 12.8 Å². The molecule has 1 aromatic rings. The maximum atomic E-state index is 11.9. The van der Waals surface area contributed by atoms with Gasteiger partial charge in [0.05, 0.1) is 11.6 Å². The van der Waals surface area contributed by atoms with Crippen molar-refractivity contribution in [2.75, 3.05) is 5.32 Å². The quantitative estimate of drug-likeness (QED) is 0.758. The second-order valence-corrected chi connectivity index (χ2v) is 5.06. The molecule has 0 fully saturated rings. The number of hydrogen-bond donors (Lipinski definition) is 3. The molecule has 0 unspecified atom stereocenters. The summed E-state index contributed by atoms with van der Waals surface area (Å²) >= 11 is 0. The fraction of sp³-hybridized carbons (Fsp3) is 0.429. The van der Waals surface area contributed by atoms with E-state index in [4.69, 9.17) is 10.8 Å². The van der Waals surface area contributed by atoms with Crippen molar-refractivity contribution in [1.29, 1.82) is 0 Å². The van der Waals surface area contributed by atoms with E-state index in [1.54, 1.807) is 13.0 Å². The summed E-state index contributed by atoms with van der Waals surface area (Å²) < 4.78 is 0. The maximum absolute atomic E-state index is 11.9. The molecule has 0 spiro atoms. The Bertz CT molecular complexity index is 484. The third-order valence-corrected chi connectivity index (χ3v) is 2.79. The number of carboxylic acids is 1. The number of rotatable bonds is 5. The number of aromatic carboxylic acids is 1. The topological polar surface area (TPSA) is 92.4 Å². The molecular formula is C14H20N2O3. The molecule has 0 aliphatic rings. The molecule has 0 bridgehead atoms. The third kappa shape index (κ3) is 4.37. The minimum Gasteiger partial charge on any atom is -0.478 e. The predicted molar refractivity (Wildman–Crippen MR) is 74.2 cm³/mol. The summed E-state index contributed by atoms with van der Waals surface area (Å²) in [5, 5.41) is 11.6. The number of carbonyl (C=O) groups excluding carboxylic acids is 1. The Kier molecular flexibility index (Phi) is 5.06. The average molecular weight is 264 g/mol. The summed E-state index contributed by atoms with van der Waals surface area (Å²) in [5.74, 6) is -0.895. The van der Waals surface area contributed by atoms with Crippen LogP contribution in [0.1, 0.15) is 36.2 Å². The highest BCUT2D eigenvalue weighted by Gasteiger charge is 2.16. The van der Waals surface area contributed by atoms with Crippen LogP contribution >= 0.6 is 0 Å². The highest BCUT2D eigenvalue weighted by molar-refractivity contribution is 5.96. The monoisotopic (exact) mass is 264 g/mol. The van der Waals surface area contributed by atoms with Crippen LogP contribution < -0.4 is 11.1 Å². The van der Waals surface area contributed by atoms with E-state index < -0.39 is 12.0 Å². The minimum absolute atomic E-state index is 0.196. The smallest absolute Gasteiger partial charge is 0.335 e. The number of nitrogens with two attached hydrogens (primary N) is 1. The molecule has 0 radical (unpaired) electrons. The van der Waals surface area contributed by atoms with Gasteiger partial charge in [-0.05, 0) is 43.0 Å². The third-order valence-electron chi connectivity index (χ3n) is 2.79. The van der Waals surface area contributed by atoms with Gasteiger partial charge in [-0.3, -0.25) is 4.79 Å². The lowest BCUT2D eigenvalue weighted by Crippen LogP contribution is -2.36. The molecule has 104 valence electrons. The van der Waals surface area contributed by atoms with E-state index in [2.05, 4.69) is 5.32 Å². The first-order valence-electron chi connectivity index (χ1n) is 6.21. The molecule has 1 atom stereocenters. The zero-order chi connectivity index (χ0) is 14.6. The van der Waals surface area contributed by atoms with Gasteiger partial charge in [-0.15, -0.1) is 0 Å². The van der Waals surface area contributed by atoms with E-state index in [1.807, 2.05) is 13.8 Å². The molecule has 0 saturated heterocycles. The Morgan fingerprint density at radius 2 is 2.00 bits per heavy atom. The Morgan fingerprint density at radius 3 is 2.47 bits per heavy atom. The van der Waals surface area contributed by atoms with E-state index in [-0.39, 0.29) is 11.5 Å². The minimum atomic E-state index is -0.988. The lowest BCUT2D eigenvalue weighted by molar-refractivity contribution is -0.117. The van der Waals surface area contributed by atoms with E-state index in [0.29, 0.717) is 23.6 Å². The number of amides is 1. The molecule has 1 amide bonds. The van der Waals surface area contributed by atoms with Crippen molar-refractivity contribution < 1.29 is 14.7 Å². The highest BCUT2D eigenvalue weighted by atomic mass is 16.4. The Morgan fingerprint density at radius 1 is 1.37 bits per heavy atom. The van der Waals surface area contributed by atoms with Gasteiger partial charge in [0.2, 0.25) is 5.91 Å². The normalized spacial score (nSPS) is 12.3. The van der Waals surface area contributed by atoms with Crippen LogP contribution in [0.3, 0.4) is 0 Å². The van der Waals surface area contributed by atoms with Crippen LogP contribution in [0.5, 0.6) is 0 Å². The van der Waals surface area contributed by atoms with Crippen LogP contribution in [0.15, 0.2) is 18.2 Å². The molecule has 4 N–H and O–H groups in total. The number of anilines is 1. The van der Waals surface area contributed by atoms with Crippen LogP contribution in [-0.4, -0.2) is 23.0 Å². The van der Waals surface area contributed by atoms with Gasteiger partial charge in [-0.1, -0.05) is 13.8 Å². The first-order valence-corrected chi connectivity index (χ1v) is 6.21. The maximum Gasteiger partial charge on any atom is 0.335 e. The Labute approximate surface area is 112 Å². The number of nitrogens with one attached hydrogen (secondary N) is 1. The number of aryl methyl sites for hydroxylation is 1. The van der Waals surface area contributed by atoms with Gasteiger partial charge in [0.25, 0.3) is 0 Å². The molecule has 5 nitrogen and oxygen atoms in total. The fourth-order valence-corrected chi connectivity index (χ4v) is 1.78. The SMILES string of the molecule is Cc1cc(C(=O)O)ccc1NC(=O)[C@@H](N)CC(C)C. The summed E-state index contributed by atoms with van der Waals surface area (Å²) in [4.78, 5) is 22.7. The van der Waals surface area contributed by atoms with Gasteiger partial charge in [-0.25, -0.2) is 4.79 Å². The van der Waals surface area contributed by atoms with Crippen LogP contribution in [0.4, 0.5) is 5.69 Å². The van der Waals surface area contributed by atoms with Gasteiger partial charge in [0, 0.05) is 5.69 Å². The standard InChI is InChI=1S/C14H20N2O3/c1-8(2)6-11(15)13(17)16-12-5-4-10(14(18)19)7-9(12)3/h4-5,7-8,11H,6,15H2,1-3H3,(H,16,17)(H,18,19)/t11-/m0/s1. The van der Waals surface area contributed by atoms with E-state index in [9.17, 15) is 9.59 Å². The fourth-order valence-electron chi connectivity index (χ4n) is 1.78. The number of carbonyl (C=O) groups is 2. The van der Waals surface area contributed by atoms with Gasteiger partial charge < -0.3 is 16.2 Å². The van der Waals surface area contributed by atoms with Gasteiger partial charge in [0.15, 0.2) is 0 Å². The molecule has 0 saturated carbocycles. The summed E-state index contributed by atoms with van der Waals surface area (Å²) in [5.41, 5.74) is 7.28. The van der Waals surface area contributed by atoms with Crippen molar-refractivity contribution in [2.24, 2.45) is 11.7 Å². The molecule has 0 aromatic heterocycles. The summed E-state index contributed by atoms with van der Waals surface area (Å²) in [6, 6.07) is 4.00. The van der Waals surface area contributed by atoms with Crippen LogP contribution in [0.25, 0.3) is 0 Å². The first-order chi connectivity index (χ1) is 8.81. The van der Waals surface area contributed by atoms with Crippen molar-refractivity contribution in [2.45, 2.75) is 33.2 Å². The van der Waals surface area contributed by atoms with Crippen LogP contribution in [-0.2, 0) is 4.79 Å². The van der Waals surface area contributed by atoms with Crippen LogP contribution in [0.2, 0.25) is 0 Å². The number of carboxylic acid groups (broad SMARTS) is 1. The number of hydrogen-bond acceptors (Lipinski definition) is 3. The summed E-state index contributed by atoms with van der Waals surface area (Å²) in [7, 11) is 0. The van der Waals surface area contributed by atoms with Gasteiger partial charge in [-0.2, -0.15) is 0 Å². The first kappa shape index (κ1) is 15.2. The molecule has 0 heterocycles.